The van der Waals surface area contributed by atoms with Gasteiger partial charge in [0.15, 0.2) is 5.43 Å². The fourth-order valence-electron chi connectivity index (χ4n) is 5.06. The van der Waals surface area contributed by atoms with Crippen LogP contribution in [0.15, 0.2) is 65.7 Å². The molecule has 1 unspecified atom stereocenters. The highest BCUT2D eigenvalue weighted by atomic mass is 16.2. The molecule has 7 heteroatoms. The molecule has 3 heterocycles. The Morgan fingerprint density at radius 3 is 2.30 bits per heavy atom. The molecule has 0 aliphatic rings. The van der Waals surface area contributed by atoms with Crippen LogP contribution < -0.4 is 5.43 Å². The minimum absolute atomic E-state index is 0.238. The Bertz CT molecular complexity index is 1460. The van der Waals surface area contributed by atoms with E-state index >= 15 is 0 Å². The van der Waals surface area contributed by atoms with Crippen LogP contribution in [0.4, 0.5) is 0 Å². The Labute approximate surface area is 218 Å². The van der Waals surface area contributed by atoms with Gasteiger partial charge >= 0.3 is 0 Å². The summed E-state index contributed by atoms with van der Waals surface area (Å²) in [7, 11) is 3.67. The molecule has 37 heavy (non-hydrogen) atoms. The second kappa shape index (κ2) is 10.9. The third-order valence-electron chi connectivity index (χ3n) is 7.31. The molecule has 0 saturated carbocycles. The number of rotatable bonds is 8. The lowest BCUT2D eigenvalue weighted by atomic mass is 10.00. The summed E-state index contributed by atoms with van der Waals surface area (Å²) in [6, 6.07) is 15.4. The van der Waals surface area contributed by atoms with Gasteiger partial charge in [0.05, 0.1) is 11.7 Å². The van der Waals surface area contributed by atoms with Crippen molar-refractivity contribution in [2.45, 2.75) is 53.1 Å². The zero-order valence-electron chi connectivity index (χ0n) is 22.5. The Hall–Kier alpha value is -4.00. The molecule has 4 rings (SSSR count). The number of pyridine rings is 2. The van der Waals surface area contributed by atoms with Crippen LogP contribution >= 0.6 is 0 Å². The average Bonchev–Trinajstić information content (AvgIpc) is 3.15. The van der Waals surface area contributed by atoms with Gasteiger partial charge in [0, 0.05) is 61.7 Å². The third-order valence-corrected chi connectivity index (χ3v) is 7.31. The van der Waals surface area contributed by atoms with Crippen molar-refractivity contribution in [1.82, 2.24) is 24.2 Å². The molecular formula is C30H35N5O2. The summed E-state index contributed by atoms with van der Waals surface area (Å²) in [5.74, 6) is -0.272. The number of amides is 1. The number of aromatic nitrogens is 4. The van der Waals surface area contributed by atoms with E-state index < -0.39 is 0 Å². The third kappa shape index (κ3) is 5.40. The zero-order valence-corrected chi connectivity index (χ0v) is 22.5. The predicted molar refractivity (Wildman–Crippen MR) is 146 cm³/mol. The number of hydrogen-bond acceptors (Lipinski definition) is 4. The van der Waals surface area contributed by atoms with Crippen LogP contribution in [0.2, 0.25) is 0 Å². The number of carbonyl (C=O) groups is 1. The van der Waals surface area contributed by atoms with E-state index in [1.807, 2.05) is 69.8 Å². The highest BCUT2D eigenvalue weighted by molar-refractivity contribution is 5.95. The largest absolute Gasteiger partial charge is 0.343 e. The molecule has 0 radical (unpaired) electrons. The molecule has 3 aromatic heterocycles. The van der Waals surface area contributed by atoms with Gasteiger partial charge in [-0.1, -0.05) is 30.3 Å². The van der Waals surface area contributed by atoms with Crippen molar-refractivity contribution in [3.63, 3.8) is 0 Å². The van der Waals surface area contributed by atoms with Gasteiger partial charge in [0.25, 0.3) is 5.91 Å². The van der Waals surface area contributed by atoms with Gasteiger partial charge in [-0.05, 0) is 63.8 Å². The van der Waals surface area contributed by atoms with E-state index in [2.05, 4.69) is 26.8 Å². The molecule has 0 aliphatic carbocycles. The monoisotopic (exact) mass is 497 g/mol. The molecule has 0 bridgehead atoms. The van der Waals surface area contributed by atoms with Crippen molar-refractivity contribution in [2.24, 2.45) is 7.05 Å². The average molecular weight is 498 g/mol. The Balaban J connectivity index is 1.79. The van der Waals surface area contributed by atoms with Gasteiger partial charge in [-0.3, -0.25) is 19.3 Å². The number of carbonyl (C=O) groups excluding carboxylic acids is 1. The molecule has 7 nitrogen and oxygen atoms in total. The second-order valence-electron chi connectivity index (χ2n) is 9.70. The molecule has 1 amide bonds. The molecule has 4 aromatic rings. The van der Waals surface area contributed by atoms with Crippen molar-refractivity contribution in [3.05, 3.63) is 116 Å². The van der Waals surface area contributed by atoms with Crippen LogP contribution in [-0.4, -0.2) is 37.2 Å². The summed E-state index contributed by atoms with van der Waals surface area (Å²) < 4.78 is 3.93. The summed E-state index contributed by atoms with van der Waals surface area (Å²) in [6.45, 7) is 8.43. The fraction of sp³-hybridized carbons (Fsp3) is 0.333. The Morgan fingerprint density at radius 1 is 1.00 bits per heavy atom. The van der Waals surface area contributed by atoms with Crippen LogP contribution in [0, 0.1) is 20.8 Å². The predicted octanol–water partition coefficient (Wildman–Crippen LogP) is 4.57. The van der Waals surface area contributed by atoms with E-state index in [4.69, 9.17) is 0 Å². The lowest BCUT2D eigenvalue weighted by Gasteiger charge is -2.28. The minimum atomic E-state index is -0.272. The van der Waals surface area contributed by atoms with Crippen molar-refractivity contribution >= 4 is 5.91 Å². The quantitative estimate of drug-likeness (QED) is 0.358. The summed E-state index contributed by atoms with van der Waals surface area (Å²) in [6.07, 6.45) is 4.81. The normalized spacial score (nSPS) is 11.9. The SMILES string of the molecule is Cc1nn(C)c(C)c1C(C)N(C)C(=O)c1c(CCc2ccccc2)n(Cc2ccncc2)c(C)cc1=O. The van der Waals surface area contributed by atoms with Gasteiger partial charge in [-0.25, -0.2) is 0 Å². The molecule has 0 N–H and O–H groups in total. The topological polar surface area (TPSA) is 73.0 Å². The van der Waals surface area contributed by atoms with E-state index in [1.165, 1.54) is 0 Å². The van der Waals surface area contributed by atoms with E-state index in [0.717, 1.165) is 45.9 Å². The first-order valence-electron chi connectivity index (χ1n) is 12.6. The maximum absolute atomic E-state index is 14.0. The van der Waals surface area contributed by atoms with Gasteiger partial charge in [-0.2, -0.15) is 5.10 Å². The molecule has 1 atom stereocenters. The Kier molecular flexibility index (Phi) is 7.71. The van der Waals surface area contributed by atoms with E-state index in [0.29, 0.717) is 13.0 Å². The second-order valence-corrected chi connectivity index (χ2v) is 9.70. The molecule has 192 valence electrons. The van der Waals surface area contributed by atoms with Crippen molar-refractivity contribution in [2.75, 3.05) is 7.05 Å². The highest BCUT2D eigenvalue weighted by Gasteiger charge is 2.28. The van der Waals surface area contributed by atoms with Gasteiger partial charge in [0.1, 0.15) is 5.56 Å². The molecular weight excluding hydrogens is 462 g/mol. The van der Waals surface area contributed by atoms with Crippen molar-refractivity contribution in [3.8, 4) is 0 Å². The van der Waals surface area contributed by atoms with Gasteiger partial charge in [0.2, 0.25) is 0 Å². The van der Waals surface area contributed by atoms with Crippen LogP contribution in [0.1, 0.15) is 62.8 Å². The maximum atomic E-state index is 14.0. The van der Waals surface area contributed by atoms with Crippen LogP contribution in [0.5, 0.6) is 0 Å². The summed E-state index contributed by atoms with van der Waals surface area (Å²) in [5.41, 5.74) is 6.71. The van der Waals surface area contributed by atoms with E-state index in [1.54, 1.807) is 30.4 Å². The standard InChI is InChI=1S/C30H35N5O2/c1-20-18-27(36)29(30(37)33(5)22(3)28-21(2)32-34(6)23(28)4)26(13-12-24-10-8-7-9-11-24)35(20)19-25-14-16-31-17-15-25/h7-11,14-18,22H,12-13,19H2,1-6H3. The first kappa shape index (κ1) is 26.1. The van der Waals surface area contributed by atoms with Gasteiger partial charge in [-0.15, -0.1) is 0 Å². The molecule has 0 fully saturated rings. The van der Waals surface area contributed by atoms with Crippen molar-refractivity contribution in [1.29, 1.82) is 0 Å². The lowest BCUT2D eigenvalue weighted by molar-refractivity contribution is 0.0738. The smallest absolute Gasteiger partial charge is 0.259 e. The molecule has 0 spiro atoms. The summed E-state index contributed by atoms with van der Waals surface area (Å²) >= 11 is 0. The van der Waals surface area contributed by atoms with E-state index in [9.17, 15) is 9.59 Å². The zero-order chi connectivity index (χ0) is 26.7. The molecule has 1 aromatic carbocycles. The van der Waals surface area contributed by atoms with Crippen LogP contribution in [-0.2, 0) is 26.4 Å². The fourth-order valence-corrected chi connectivity index (χ4v) is 5.06. The maximum Gasteiger partial charge on any atom is 0.259 e. The van der Waals surface area contributed by atoms with Gasteiger partial charge < -0.3 is 9.47 Å². The Morgan fingerprint density at radius 2 is 1.68 bits per heavy atom. The number of benzene rings is 1. The first-order chi connectivity index (χ1) is 17.7. The summed E-state index contributed by atoms with van der Waals surface area (Å²) in [5, 5.41) is 4.52. The highest BCUT2D eigenvalue weighted by Crippen LogP contribution is 2.27. The minimum Gasteiger partial charge on any atom is -0.343 e. The van der Waals surface area contributed by atoms with Crippen LogP contribution in [0.3, 0.4) is 0 Å². The number of aryl methyl sites for hydroxylation is 4. The lowest BCUT2D eigenvalue weighted by Crippen LogP contribution is -2.36. The summed E-state index contributed by atoms with van der Waals surface area (Å²) in [4.78, 5) is 33.3. The molecule has 0 aliphatic heterocycles. The number of hydrogen-bond donors (Lipinski definition) is 0. The molecule has 0 saturated heterocycles. The van der Waals surface area contributed by atoms with Crippen molar-refractivity contribution < 1.29 is 4.79 Å². The van der Waals surface area contributed by atoms with Crippen LogP contribution in [0.25, 0.3) is 0 Å². The number of nitrogens with zero attached hydrogens (tertiary/aromatic N) is 5. The van der Waals surface area contributed by atoms with E-state index in [-0.39, 0.29) is 22.9 Å². The first-order valence-corrected chi connectivity index (χ1v) is 12.6.